The van der Waals surface area contributed by atoms with Crippen molar-refractivity contribution in [1.82, 2.24) is 19.9 Å². The molecule has 3 heterocycles. The first kappa shape index (κ1) is 21.5. The van der Waals surface area contributed by atoms with Gasteiger partial charge in [0, 0.05) is 26.2 Å². The normalized spacial score (nSPS) is 13.8. The van der Waals surface area contributed by atoms with Crippen molar-refractivity contribution in [2.75, 3.05) is 50.1 Å². The fourth-order valence-corrected chi connectivity index (χ4v) is 4.26. The van der Waals surface area contributed by atoms with Gasteiger partial charge in [-0.1, -0.05) is 11.3 Å². The van der Waals surface area contributed by atoms with Crippen molar-refractivity contribution in [1.29, 1.82) is 0 Å². The first-order chi connectivity index (χ1) is 15.5. The molecule has 0 spiro atoms. The monoisotopic (exact) mass is 459 g/mol. The lowest BCUT2D eigenvalue weighted by Crippen LogP contribution is -2.49. The van der Waals surface area contributed by atoms with Crippen LogP contribution in [-0.4, -0.2) is 70.8 Å². The molecule has 13 heteroatoms. The summed E-state index contributed by atoms with van der Waals surface area (Å²) in [6, 6.07) is 5.47. The minimum absolute atomic E-state index is 0.0545. The third-order valence-electron chi connectivity index (χ3n) is 4.91. The summed E-state index contributed by atoms with van der Waals surface area (Å²) in [7, 11) is 1.58. The third kappa shape index (κ3) is 4.32. The van der Waals surface area contributed by atoms with E-state index in [1.54, 1.807) is 29.9 Å². The minimum atomic E-state index is -0.508. The average molecular weight is 459 g/mol. The molecular formula is C19H21N7O5S. The van der Waals surface area contributed by atoms with E-state index in [0.29, 0.717) is 43.7 Å². The molecule has 0 saturated carbocycles. The molecule has 0 unspecified atom stereocenters. The summed E-state index contributed by atoms with van der Waals surface area (Å²) in [5.41, 5.74) is 0.499. The molecule has 3 aromatic rings. The molecule has 168 valence electrons. The number of methoxy groups -OCH3 is 1. The van der Waals surface area contributed by atoms with E-state index in [-0.39, 0.29) is 23.4 Å². The molecule has 0 bridgehead atoms. The lowest BCUT2D eigenvalue weighted by molar-refractivity contribution is -0.383. The zero-order valence-corrected chi connectivity index (χ0v) is 18.3. The van der Waals surface area contributed by atoms with Gasteiger partial charge >= 0.3 is 11.8 Å². The van der Waals surface area contributed by atoms with E-state index < -0.39 is 4.92 Å². The maximum absolute atomic E-state index is 11.9. The number of rotatable bonds is 6. The molecule has 1 aliphatic heterocycles. The Labute approximate surface area is 186 Å². The fourth-order valence-electron chi connectivity index (χ4n) is 3.36. The highest BCUT2D eigenvalue weighted by molar-refractivity contribution is 7.22. The number of carbonyl (C=O) groups excluding carboxylic acids is 1. The lowest BCUT2D eigenvalue weighted by atomic mass is 10.3. The Morgan fingerprint density at radius 3 is 2.75 bits per heavy atom. The molecule has 0 atom stereocenters. The number of nitrogens with one attached hydrogen (secondary N) is 1. The summed E-state index contributed by atoms with van der Waals surface area (Å²) in [5.74, 6) is 0.947. The topological polar surface area (TPSA) is 136 Å². The molecule has 2 aromatic heterocycles. The van der Waals surface area contributed by atoms with Crippen LogP contribution in [0.1, 0.15) is 6.92 Å². The quantitative estimate of drug-likeness (QED) is 0.433. The van der Waals surface area contributed by atoms with Crippen molar-refractivity contribution < 1.29 is 19.2 Å². The van der Waals surface area contributed by atoms with Crippen molar-refractivity contribution in [2.24, 2.45) is 0 Å². The number of fused-ring (bicyclic) bond motifs is 1. The molecule has 1 fully saturated rings. The number of nitro groups is 1. The molecule has 1 aromatic carbocycles. The molecule has 0 radical (unpaired) electrons. The Bertz CT molecular complexity index is 1150. The Hall–Kier alpha value is -3.74. The number of hydrogen-bond donors (Lipinski definition) is 1. The molecule has 32 heavy (non-hydrogen) atoms. The molecule has 1 amide bonds. The van der Waals surface area contributed by atoms with Crippen LogP contribution in [-0.2, 0) is 4.74 Å². The predicted molar refractivity (Wildman–Crippen MR) is 119 cm³/mol. The number of hydrogen-bond acceptors (Lipinski definition) is 11. The number of aromatic nitrogens is 3. The van der Waals surface area contributed by atoms with Gasteiger partial charge in [0.2, 0.25) is 11.6 Å². The van der Waals surface area contributed by atoms with E-state index in [4.69, 9.17) is 9.47 Å². The van der Waals surface area contributed by atoms with Crippen LogP contribution in [0.3, 0.4) is 0 Å². The Morgan fingerprint density at radius 1 is 1.28 bits per heavy atom. The summed E-state index contributed by atoms with van der Waals surface area (Å²) < 4.78 is 11.1. The van der Waals surface area contributed by atoms with Crippen LogP contribution in [0, 0.1) is 10.1 Å². The van der Waals surface area contributed by atoms with Gasteiger partial charge in [-0.05, 0) is 25.1 Å². The fraction of sp³-hybridized carbons (Fsp3) is 0.368. The molecule has 1 N–H and O–H groups in total. The summed E-state index contributed by atoms with van der Waals surface area (Å²) >= 11 is 1.33. The Kier molecular flexibility index (Phi) is 6.16. The maximum Gasteiger partial charge on any atom is 0.409 e. The standard InChI is InChI=1S/C19H21N7O5S/c1-3-31-19(27)25-8-6-24(7-9-25)17-15(26(28)29)16(20-11-21-17)23-18-22-13-5-4-12(30-2)10-14(13)32-18/h4-5,10-11H,3,6-9H2,1-2H3,(H,20,21,22,23). The van der Waals surface area contributed by atoms with E-state index in [1.165, 1.54) is 17.7 Å². The highest BCUT2D eigenvalue weighted by Gasteiger charge is 2.31. The zero-order valence-electron chi connectivity index (χ0n) is 17.5. The van der Waals surface area contributed by atoms with Crippen molar-refractivity contribution in [2.45, 2.75) is 6.92 Å². The first-order valence-electron chi connectivity index (χ1n) is 9.87. The van der Waals surface area contributed by atoms with E-state index in [9.17, 15) is 14.9 Å². The highest BCUT2D eigenvalue weighted by Crippen LogP contribution is 2.36. The van der Waals surface area contributed by atoms with E-state index in [1.807, 2.05) is 12.1 Å². The number of ether oxygens (including phenoxy) is 2. The average Bonchev–Trinajstić information content (AvgIpc) is 3.20. The number of piperazine rings is 1. The molecule has 4 rings (SSSR count). The van der Waals surface area contributed by atoms with E-state index in [0.717, 1.165) is 10.2 Å². The second-order valence-corrected chi connectivity index (χ2v) is 7.83. The second-order valence-electron chi connectivity index (χ2n) is 6.80. The van der Waals surface area contributed by atoms with Crippen molar-refractivity contribution in [3.05, 3.63) is 34.6 Å². The molecular weight excluding hydrogens is 438 g/mol. The number of carbonyl (C=O) groups is 1. The minimum Gasteiger partial charge on any atom is -0.497 e. The lowest BCUT2D eigenvalue weighted by Gasteiger charge is -2.34. The molecule has 12 nitrogen and oxygen atoms in total. The number of benzene rings is 1. The van der Waals surface area contributed by atoms with Gasteiger partial charge in [0.05, 0.1) is 28.9 Å². The molecule has 1 aliphatic rings. The number of amides is 1. The smallest absolute Gasteiger partial charge is 0.409 e. The summed E-state index contributed by atoms with van der Waals surface area (Å²) in [6.45, 7) is 3.57. The number of thiazole rings is 1. The maximum atomic E-state index is 11.9. The van der Waals surface area contributed by atoms with Crippen LogP contribution < -0.4 is 15.0 Å². The SMILES string of the molecule is CCOC(=O)N1CCN(c2ncnc(Nc3nc4ccc(OC)cc4s3)c2[N+](=O)[O-])CC1. The van der Waals surface area contributed by atoms with Gasteiger partial charge in [-0.3, -0.25) is 10.1 Å². The van der Waals surface area contributed by atoms with Crippen LogP contribution in [0.25, 0.3) is 10.2 Å². The summed E-state index contributed by atoms with van der Waals surface area (Å²) in [6.07, 6.45) is 0.887. The van der Waals surface area contributed by atoms with Crippen LogP contribution >= 0.6 is 11.3 Å². The van der Waals surface area contributed by atoms with Gasteiger partial charge < -0.3 is 24.6 Å². The van der Waals surface area contributed by atoms with Crippen molar-refractivity contribution >= 4 is 50.1 Å². The Morgan fingerprint density at radius 2 is 2.06 bits per heavy atom. The van der Waals surface area contributed by atoms with Crippen LogP contribution in [0.4, 0.5) is 27.2 Å². The predicted octanol–water partition coefficient (Wildman–Crippen LogP) is 3.03. The van der Waals surface area contributed by atoms with Gasteiger partial charge in [-0.2, -0.15) is 0 Å². The largest absolute Gasteiger partial charge is 0.497 e. The van der Waals surface area contributed by atoms with Crippen LogP contribution in [0.15, 0.2) is 24.5 Å². The number of nitrogens with zero attached hydrogens (tertiary/aromatic N) is 6. The van der Waals surface area contributed by atoms with Crippen molar-refractivity contribution in [3.8, 4) is 5.75 Å². The van der Waals surface area contributed by atoms with E-state index in [2.05, 4.69) is 20.3 Å². The summed E-state index contributed by atoms with van der Waals surface area (Å²) in [4.78, 5) is 39.4. The van der Waals surface area contributed by atoms with Gasteiger partial charge in [-0.15, -0.1) is 0 Å². The molecule has 0 aliphatic carbocycles. The Balaban J connectivity index is 1.58. The highest BCUT2D eigenvalue weighted by atomic mass is 32.1. The molecule has 1 saturated heterocycles. The van der Waals surface area contributed by atoms with Gasteiger partial charge in [0.15, 0.2) is 5.13 Å². The number of anilines is 3. The van der Waals surface area contributed by atoms with Gasteiger partial charge in [0.1, 0.15) is 12.1 Å². The first-order valence-corrected chi connectivity index (χ1v) is 10.7. The second kappa shape index (κ2) is 9.18. The van der Waals surface area contributed by atoms with Gasteiger partial charge in [-0.25, -0.2) is 19.7 Å². The summed E-state index contributed by atoms with van der Waals surface area (Å²) in [5, 5.41) is 15.4. The van der Waals surface area contributed by atoms with Crippen LogP contribution in [0.5, 0.6) is 5.75 Å². The third-order valence-corrected chi connectivity index (χ3v) is 5.85. The van der Waals surface area contributed by atoms with Gasteiger partial charge in [0.25, 0.3) is 0 Å². The van der Waals surface area contributed by atoms with E-state index >= 15 is 0 Å². The van der Waals surface area contributed by atoms with Crippen LogP contribution in [0.2, 0.25) is 0 Å². The zero-order chi connectivity index (χ0) is 22.7. The van der Waals surface area contributed by atoms with Crippen molar-refractivity contribution in [3.63, 3.8) is 0 Å².